The van der Waals surface area contributed by atoms with Crippen molar-refractivity contribution in [1.29, 1.82) is 0 Å². The van der Waals surface area contributed by atoms with Gasteiger partial charge in [0.1, 0.15) is 11.2 Å². The molecule has 0 aliphatic carbocycles. The third kappa shape index (κ3) is 5.91. The standard InChI is InChI=1S/C68H40O/c1-2-12-46-35-47(22-19-41(46)9-1)48-25-30-55-56-29-23-44-11-4-6-14-53(44)64(56)40-62(63(55)36-48)50-27-31-57-61(38-51-28-32-54-52-13-5-3-10-43(52)24-34-60(54)68(51)65(57)37-50)45-20-17-42(18-21-45)49-26-33-59-58-15-7-8-16-66(58)69-67(59)39-49/h1-40H. The Bertz CT molecular complexity index is 4650. The molecule has 14 aromatic carbocycles. The van der Waals surface area contributed by atoms with Crippen LogP contribution in [0.25, 0.3) is 153 Å². The molecule has 318 valence electrons. The van der Waals surface area contributed by atoms with Crippen LogP contribution in [0.1, 0.15) is 0 Å². The number of para-hydroxylation sites is 1. The molecule has 15 rings (SSSR count). The molecule has 0 aliphatic heterocycles. The molecule has 1 aromatic heterocycles. The molecule has 1 nitrogen and oxygen atoms in total. The van der Waals surface area contributed by atoms with Crippen LogP contribution < -0.4 is 0 Å². The average Bonchev–Trinajstić information content (AvgIpc) is 3.80. The summed E-state index contributed by atoms with van der Waals surface area (Å²) in [6.07, 6.45) is 0. The molecule has 1 heterocycles. The molecule has 0 radical (unpaired) electrons. The van der Waals surface area contributed by atoms with Crippen molar-refractivity contribution in [3.05, 3.63) is 243 Å². The van der Waals surface area contributed by atoms with Gasteiger partial charge in [-0.25, -0.2) is 0 Å². The van der Waals surface area contributed by atoms with Gasteiger partial charge in [0, 0.05) is 10.8 Å². The van der Waals surface area contributed by atoms with Gasteiger partial charge in [0.15, 0.2) is 0 Å². The van der Waals surface area contributed by atoms with Crippen molar-refractivity contribution in [2.24, 2.45) is 0 Å². The van der Waals surface area contributed by atoms with E-state index in [1.165, 1.54) is 120 Å². The fourth-order valence-corrected chi connectivity index (χ4v) is 11.6. The van der Waals surface area contributed by atoms with Crippen molar-refractivity contribution in [2.45, 2.75) is 0 Å². The van der Waals surface area contributed by atoms with Crippen molar-refractivity contribution in [1.82, 2.24) is 0 Å². The van der Waals surface area contributed by atoms with Crippen LogP contribution in [-0.4, -0.2) is 0 Å². The minimum absolute atomic E-state index is 0.909. The van der Waals surface area contributed by atoms with Gasteiger partial charge >= 0.3 is 0 Å². The zero-order valence-corrected chi connectivity index (χ0v) is 37.5. The highest BCUT2D eigenvalue weighted by Gasteiger charge is 2.18. The molecule has 0 spiro atoms. The summed E-state index contributed by atoms with van der Waals surface area (Å²) in [5.74, 6) is 0. The van der Waals surface area contributed by atoms with Crippen LogP contribution in [0.2, 0.25) is 0 Å². The van der Waals surface area contributed by atoms with Gasteiger partial charge in [-0.3, -0.25) is 0 Å². The SMILES string of the molecule is c1ccc2cc(-c3ccc4c(c3)c(-c3ccc5c(-c6ccc(-c7ccc8c(c7)oc7ccccc78)cc6)cc6ccc7c8ccccc8ccc7c6c5c3)cc3c5ccccc5ccc43)ccc2c1. The Balaban J connectivity index is 0.970. The van der Waals surface area contributed by atoms with Gasteiger partial charge in [-0.2, -0.15) is 0 Å². The minimum atomic E-state index is 0.909. The smallest absolute Gasteiger partial charge is 0.136 e. The van der Waals surface area contributed by atoms with E-state index >= 15 is 0 Å². The maximum absolute atomic E-state index is 6.30. The third-order valence-corrected chi connectivity index (χ3v) is 15.0. The number of hydrogen-bond donors (Lipinski definition) is 0. The second kappa shape index (κ2) is 14.7. The van der Waals surface area contributed by atoms with Crippen LogP contribution in [0.15, 0.2) is 247 Å². The molecule has 0 bridgehead atoms. The molecule has 69 heavy (non-hydrogen) atoms. The zero-order chi connectivity index (χ0) is 45.2. The van der Waals surface area contributed by atoms with E-state index in [4.69, 9.17) is 4.42 Å². The van der Waals surface area contributed by atoms with Gasteiger partial charge in [0.25, 0.3) is 0 Å². The quantitative estimate of drug-likeness (QED) is 0.161. The van der Waals surface area contributed by atoms with Crippen LogP contribution in [0.4, 0.5) is 0 Å². The summed E-state index contributed by atoms with van der Waals surface area (Å²) in [7, 11) is 0. The molecule has 0 amide bonds. The predicted octanol–water partition coefficient (Wildman–Crippen LogP) is 19.5. The second-order valence-electron chi connectivity index (χ2n) is 18.7. The highest BCUT2D eigenvalue weighted by atomic mass is 16.3. The van der Waals surface area contributed by atoms with E-state index < -0.39 is 0 Å². The molecule has 0 saturated carbocycles. The molecule has 15 aromatic rings. The topological polar surface area (TPSA) is 13.1 Å². The Hall–Kier alpha value is -9.04. The lowest BCUT2D eigenvalue weighted by molar-refractivity contribution is 0.669. The summed E-state index contributed by atoms with van der Waals surface area (Å²) < 4.78 is 6.30. The van der Waals surface area contributed by atoms with Crippen LogP contribution in [0, 0.1) is 0 Å². The van der Waals surface area contributed by atoms with E-state index in [0.29, 0.717) is 0 Å². The normalized spacial score (nSPS) is 12.1. The summed E-state index contributed by atoms with van der Waals surface area (Å²) in [6, 6.07) is 90.1. The molecule has 0 aliphatic rings. The Morgan fingerprint density at radius 2 is 0.667 bits per heavy atom. The van der Waals surface area contributed by atoms with Gasteiger partial charge in [-0.05, 0) is 179 Å². The summed E-state index contributed by atoms with van der Waals surface area (Å²) in [5, 5.41) is 22.4. The lowest BCUT2D eigenvalue weighted by atomic mass is 9.86. The van der Waals surface area contributed by atoms with Gasteiger partial charge < -0.3 is 4.42 Å². The number of hydrogen-bond acceptors (Lipinski definition) is 1. The summed E-state index contributed by atoms with van der Waals surface area (Å²) in [4.78, 5) is 0. The van der Waals surface area contributed by atoms with Crippen LogP contribution in [0.3, 0.4) is 0 Å². The van der Waals surface area contributed by atoms with Gasteiger partial charge in [-0.15, -0.1) is 0 Å². The molecule has 1 heteroatoms. The molecule has 0 N–H and O–H groups in total. The first-order valence-corrected chi connectivity index (χ1v) is 23.9. The number of fused-ring (bicyclic) bond motifs is 16. The van der Waals surface area contributed by atoms with Crippen molar-refractivity contribution >= 4 is 108 Å². The first-order chi connectivity index (χ1) is 34.2. The van der Waals surface area contributed by atoms with Gasteiger partial charge in [0.2, 0.25) is 0 Å². The van der Waals surface area contributed by atoms with Gasteiger partial charge in [-0.1, -0.05) is 194 Å². The molecular formula is C68H40O. The van der Waals surface area contributed by atoms with Crippen molar-refractivity contribution in [2.75, 3.05) is 0 Å². The van der Waals surface area contributed by atoms with Gasteiger partial charge in [0.05, 0.1) is 0 Å². The summed E-state index contributed by atoms with van der Waals surface area (Å²) in [5.41, 5.74) is 11.4. The van der Waals surface area contributed by atoms with E-state index in [1.54, 1.807) is 0 Å². The van der Waals surface area contributed by atoms with Crippen molar-refractivity contribution in [3.63, 3.8) is 0 Å². The fraction of sp³-hybridized carbons (Fsp3) is 0. The third-order valence-electron chi connectivity index (χ3n) is 15.0. The van der Waals surface area contributed by atoms with Crippen LogP contribution in [0.5, 0.6) is 0 Å². The number of furan rings is 1. The Morgan fingerprint density at radius 3 is 1.48 bits per heavy atom. The summed E-state index contributed by atoms with van der Waals surface area (Å²) in [6.45, 7) is 0. The highest BCUT2D eigenvalue weighted by Crippen LogP contribution is 2.45. The number of benzene rings is 14. The second-order valence-corrected chi connectivity index (χ2v) is 18.7. The molecule has 0 fully saturated rings. The maximum atomic E-state index is 6.30. The lowest BCUT2D eigenvalue weighted by Gasteiger charge is -2.18. The first-order valence-electron chi connectivity index (χ1n) is 23.9. The number of rotatable bonds is 4. The minimum Gasteiger partial charge on any atom is -0.456 e. The largest absolute Gasteiger partial charge is 0.456 e. The zero-order valence-electron chi connectivity index (χ0n) is 37.5. The van der Waals surface area contributed by atoms with E-state index in [-0.39, 0.29) is 0 Å². The van der Waals surface area contributed by atoms with Crippen LogP contribution >= 0.6 is 0 Å². The van der Waals surface area contributed by atoms with E-state index in [9.17, 15) is 0 Å². The molecular weight excluding hydrogens is 833 g/mol. The lowest BCUT2D eigenvalue weighted by Crippen LogP contribution is -1.90. The monoisotopic (exact) mass is 872 g/mol. The molecule has 0 saturated heterocycles. The van der Waals surface area contributed by atoms with E-state index in [0.717, 1.165) is 33.1 Å². The van der Waals surface area contributed by atoms with Crippen LogP contribution in [-0.2, 0) is 0 Å². The average molecular weight is 873 g/mol. The summed E-state index contributed by atoms with van der Waals surface area (Å²) >= 11 is 0. The fourth-order valence-electron chi connectivity index (χ4n) is 11.6. The predicted molar refractivity (Wildman–Crippen MR) is 296 cm³/mol. The van der Waals surface area contributed by atoms with Crippen molar-refractivity contribution in [3.8, 4) is 44.5 Å². The van der Waals surface area contributed by atoms with E-state index in [2.05, 4.69) is 231 Å². The first kappa shape index (κ1) is 38.1. The molecule has 0 unspecified atom stereocenters. The molecule has 0 atom stereocenters. The Morgan fingerprint density at radius 1 is 0.188 bits per heavy atom. The van der Waals surface area contributed by atoms with Crippen molar-refractivity contribution < 1.29 is 4.42 Å². The Kier molecular flexibility index (Phi) is 8.13. The maximum Gasteiger partial charge on any atom is 0.136 e. The highest BCUT2D eigenvalue weighted by molar-refractivity contribution is 6.28. The van der Waals surface area contributed by atoms with E-state index in [1.807, 2.05) is 12.1 Å². The Labute approximate surface area is 397 Å².